The van der Waals surface area contributed by atoms with E-state index < -0.39 is 11.7 Å². The number of rotatable bonds is 3. The summed E-state index contributed by atoms with van der Waals surface area (Å²) in [5.74, 6) is -0.190. The van der Waals surface area contributed by atoms with Gasteiger partial charge in [0, 0.05) is 16.6 Å². The summed E-state index contributed by atoms with van der Waals surface area (Å²) in [6, 6.07) is 11.8. The number of halogens is 4. The first-order valence-electron chi connectivity index (χ1n) is 7.08. The first kappa shape index (κ1) is 15.9. The monoisotopic (exact) mass is 339 g/mol. The zero-order valence-corrected chi connectivity index (χ0v) is 12.7. The van der Waals surface area contributed by atoms with E-state index in [0.717, 1.165) is 24.1 Å². The molecule has 0 heterocycles. The Morgan fingerprint density at radius 3 is 2.22 bits per heavy atom. The second-order valence-electron chi connectivity index (χ2n) is 5.56. The lowest BCUT2D eigenvalue weighted by Gasteiger charge is -2.09. The molecule has 0 aliphatic heterocycles. The molecule has 23 heavy (non-hydrogen) atoms. The highest BCUT2D eigenvalue weighted by Gasteiger charge is 2.43. The number of alkyl halides is 3. The fourth-order valence-corrected chi connectivity index (χ4v) is 2.67. The Labute approximate surface area is 136 Å². The van der Waals surface area contributed by atoms with Crippen LogP contribution in [0.5, 0.6) is 0 Å². The zero-order valence-electron chi connectivity index (χ0n) is 11.9. The van der Waals surface area contributed by atoms with Gasteiger partial charge in [0.2, 0.25) is 5.91 Å². The minimum absolute atomic E-state index is 0.140. The second kappa shape index (κ2) is 5.89. The van der Waals surface area contributed by atoms with Gasteiger partial charge >= 0.3 is 6.18 Å². The standard InChI is InChI=1S/C17H13ClF3NO/c18-12-5-1-10(2-6-12)14-9-15(14)16(23)22-13-7-3-11(4-8-13)17(19,20)21/h1-8,14-15H,9H2,(H,22,23)/t14-,15+/m0/s1. The molecule has 0 unspecified atom stereocenters. The number of carbonyl (C=O) groups excluding carboxylic acids is 1. The molecule has 1 aliphatic rings. The van der Waals surface area contributed by atoms with Gasteiger partial charge in [-0.2, -0.15) is 13.2 Å². The van der Waals surface area contributed by atoms with Gasteiger partial charge < -0.3 is 5.32 Å². The Morgan fingerprint density at radius 1 is 1.04 bits per heavy atom. The van der Waals surface area contributed by atoms with Crippen LogP contribution in [0.25, 0.3) is 0 Å². The van der Waals surface area contributed by atoms with Crippen molar-refractivity contribution in [2.75, 3.05) is 5.32 Å². The van der Waals surface area contributed by atoms with E-state index in [1.807, 2.05) is 12.1 Å². The van der Waals surface area contributed by atoms with Gasteiger partial charge in [-0.05, 0) is 54.3 Å². The summed E-state index contributed by atoms with van der Waals surface area (Å²) in [6.07, 6.45) is -3.65. The van der Waals surface area contributed by atoms with Gasteiger partial charge in [0.05, 0.1) is 5.56 Å². The van der Waals surface area contributed by atoms with Gasteiger partial charge in [-0.3, -0.25) is 4.79 Å². The Kier molecular flexibility index (Phi) is 4.06. The third kappa shape index (κ3) is 3.67. The fraction of sp³-hybridized carbons (Fsp3) is 0.235. The van der Waals surface area contributed by atoms with E-state index >= 15 is 0 Å². The van der Waals surface area contributed by atoms with Gasteiger partial charge in [0.1, 0.15) is 0 Å². The molecule has 0 spiro atoms. The lowest BCUT2D eigenvalue weighted by Crippen LogP contribution is -2.14. The Hall–Kier alpha value is -2.01. The van der Waals surface area contributed by atoms with Crippen LogP contribution in [0.4, 0.5) is 18.9 Å². The summed E-state index contributed by atoms with van der Waals surface area (Å²) >= 11 is 5.83. The maximum atomic E-state index is 12.5. The molecule has 0 bridgehead atoms. The first-order valence-corrected chi connectivity index (χ1v) is 7.46. The highest BCUT2D eigenvalue weighted by Crippen LogP contribution is 2.48. The maximum absolute atomic E-state index is 12.5. The highest BCUT2D eigenvalue weighted by atomic mass is 35.5. The van der Waals surface area contributed by atoms with Gasteiger partial charge in [-0.25, -0.2) is 0 Å². The molecular weight excluding hydrogens is 327 g/mol. The molecule has 1 saturated carbocycles. The van der Waals surface area contributed by atoms with Gasteiger partial charge in [-0.15, -0.1) is 0 Å². The Bertz CT molecular complexity index is 710. The topological polar surface area (TPSA) is 29.1 Å². The number of hydrogen-bond acceptors (Lipinski definition) is 1. The van der Waals surface area contributed by atoms with Crippen molar-refractivity contribution in [2.45, 2.75) is 18.5 Å². The third-order valence-electron chi connectivity index (χ3n) is 3.91. The predicted octanol–water partition coefficient (Wildman–Crippen LogP) is 5.10. The van der Waals surface area contributed by atoms with E-state index in [2.05, 4.69) is 5.32 Å². The largest absolute Gasteiger partial charge is 0.416 e. The second-order valence-corrected chi connectivity index (χ2v) is 6.00. The number of benzene rings is 2. The van der Waals surface area contributed by atoms with Gasteiger partial charge in [0.15, 0.2) is 0 Å². The number of amides is 1. The van der Waals surface area contributed by atoms with E-state index in [4.69, 9.17) is 11.6 Å². The molecule has 1 N–H and O–H groups in total. The fourth-order valence-electron chi connectivity index (χ4n) is 2.54. The lowest BCUT2D eigenvalue weighted by molar-refractivity contribution is -0.137. The van der Waals surface area contributed by atoms with Crippen LogP contribution in [-0.2, 0) is 11.0 Å². The van der Waals surface area contributed by atoms with Crippen molar-refractivity contribution in [3.8, 4) is 0 Å². The molecule has 2 aromatic carbocycles. The van der Waals surface area contributed by atoms with Crippen molar-refractivity contribution in [1.29, 1.82) is 0 Å². The summed E-state index contributed by atoms with van der Waals surface area (Å²) in [7, 11) is 0. The minimum Gasteiger partial charge on any atom is -0.326 e. The van der Waals surface area contributed by atoms with Crippen LogP contribution in [0.2, 0.25) is 5.02 Å². The molecule has 0 saturated heterocycles. The molecular formula is C17H13ClF3NO. The molecule has 120 valence electrons. The molecule has 0 aromatic heterocycles. The van der Waals surface area contributed by atoms with Gasteiger partial charge in [0.25, 0.3) is 0 Å². The molecule has 2 aromatic rings. The van der Waals surface area contributed by atoms with Crippen molar-refractivity contribution in [1.82, 2.24) is 0 Å². The third-order valence-corrected chi connectivity index (χ3v) is 4.16. The summed E-state index contributed by atoms with van der Waals surface area (Å²) in [4.78, 5) is 12.1. The van der Waals surface area contributed by atoms with E-state index in [1.165, 1.54) is 12.1 Å². The van der Waals surface area contributed by atoms with Crippen LogP contribution in [0, 0.1) is 5.92 Å². The van der Waals surface area contributed by atoms with Crippen molar-refractivity contribution in [3.05, 3.63) is 64.7 Å². The Balaban J connectivity index is 1.61. The SMILES string of the molecule is O=C(Nc1ccc(C(F)(F)F)cc1)[C@@H]1C[C@H]1c1ccc(Cl)cc1. The number of hydrogen-bond donors (Lipinski definition) is 1. The average Bonchev–Trinajstić information content (AvgIpc) is 3.28. The van der Waals surface area contributed by atoms with E-state index in [-0.39, 0.29) is 17.7 Å². The zero-order chi connectivity index (χ0) is 16.6. The lowest BCUT2D eigenvalue weighted by atomic mass is 10.1. The van der Waals surface area contributed by atoms with Crippen LogP contribution < -0.4 is 5.32 Å². The summed E-state index contributed by atoms with van der Waals surface area (Å²) < 4.78 is 37.5. The molecule has 3 rings (SSSR count). The molecule has 1 amide bonds. The smallest absolute Gasteiger partial charge is 0.326 e. The van der Waals surface area contributed by atoms with Crippen LogP contribution in [-0.4, -0.2) is 5.91 Å². The molecule has 1 fully saturated rings. The predicted molar refractivity (Wildman–Crippen MR) is 82.4 cm³/mol. The van der Waals surface area contributed by atoms with E-state index in [0.29, 0.717) is 10.7 Å². The normalized spacial score (nSPS) is 20.2. The summed E-state index contributed by atoms with van der Waals surface area (Å²) in [6.45, 7) is 0. The number of carbonyl (C=O) groups is 1. The van der Waals surface area contributed by atoms with Gasteiger partial charge in [-0.1, -0.05) is 23.7 Å². The molecule has 2 nitrogen and oxygen atoms in total. The summed E-state index contributed by atoms with van der Waals surface area (Å²) in [5, 5.41) is 3.30. The minimum atomic E-state index is -4.38. The molecule has 0 radical (unpaired) electrons. The average molecular weight is 340 g/mol. The Morgan fingerprint density at radius 2 is 1.65 bits per heavy atom. The van der Waals surface area contributed by atoms with Crippen LogP contribution >= 0.6 is 11.6 Å². The molecule has 6 heteroatoms. The number of nitrogens with one attached hydrogen (secondary N) is 1. The first-order chi connectivity index (χ1) is 10.8. The molecule has 2 atom stereocenters. The summed E-state index contributed by atoms with van der Waals surface area (Å²) in [5.41, 5.74) is 0.674. The van der Waals surface area contributed by atoms with E-state index in [1.54, 1.807) is 12.1 Å². The van der Waals surface area contributed by atoms with Crippen molar-refractivity contribution < 1.29 is 18.0 Å². The maximum Gasteiger partial charge on any atom is 0.416 e. The number of anilines is 1. The van der Waals surface area contributed by atoms with Crippen molar-refractivity contribution in [3.63, 3.8) is 0 Å². The van der Waals surface area contributed by atoms with Crippen LogP contribution in [0.3, 0.4) is 0 Å². The van der Waals surface area contributed by atoms with E-state index in [9.17, 15) is 18.0 Å². The van der Waals surface area contributed by atoms with Crippen molar-refractivity contribution >= 4 is 23.2 Å². The van der Waals surface area contributed by atoms with Crippen LogP contribution in [0.15, 0.2) is 48.5 Å². The van der Waals surface area contributed by atoms with Crippen molar-refractivity contribution in [2.24, 2.45) is 5.92 Å². The highest BCUT2D eigenvalue weighted by molar-refractivity contribution is 6.30. The quantitative estimate of drug-likeness (QED) is 0.828. The van der Waals surface area contributed by atoms with Crippen LogP contribution in [0.1, 0.15) is 23.5 Å². The molecule has 1 aliphatic carbocycles.